The van der Waals surface area contributed by atoms with E-state index in [9.17, 15) is 12.9 Å². The summed E-state index contributed by atoms with van der Waals surface area (Å²) in [5.41, 5.74) is -0.179. The zero-order valence-electron chi connectivity index (χ0n) is 9.70. The molecule has 0 N–H and O–H groups in total. The molecule has 0 aliphatic carbocycles. The fraction of sp³-hybridized carbons (Fsp3) is 0.700. The average Bonchev–Trinajstić information content (AvgIpc) is 2.74. The number of nitrogens with zero attached hydrogens (tertiary/aromatic N) is 2. The van der Waals surface area contributed by atoms with Crippen molar-refractivity contribution in [3.8, 4) is 0 Å². The predicted molar refractivity (Wildman–Crippen MR) is 59.2 cm³/mol. The number of aryl methyl sites for hydroxylation is 1. The summed E-state index contributed by atoms with van der Waals surface area (Å²) in [6.07, 6.45) is 2.34. The average molecular weight is 247 g/mol. The van der Waals surface area contributed by atoms with Gasteiger partial charge in [0.2, 0.25) is 0 Å². The normalized spacial score (nSPS) is 21.8. The molecule has 0 radical (unpaired) electrons. The Kier molecular flexibility index (Phi) is 3.46. The third kappa shape index (κ3) is 2.65. The molecule has 0 aromatic carbocycles. The smallest absolute Gasteiger partial charge is 0.444 e. The van der Waals surface area contributed by atoms with Crippen LogP contribution in [0.15, 0.2) is 6.07 Å². The molecule has 1 saturated heterocycles. The molecule has 7 heteroatoms. The standard InChI is InChI=1S/C10H15BF3N2O/c1-2-8-7-9(11(12,13)14)16(15-8)10-5-3-4-6-17-10/h7,10H,2-6H2,1H3/q-1. The van der Waals surface area contributed by atoms with Gasteiger partial charge in [0, 0.05) is 6.61 Å². The molecule has 1 aliphatic heterocycles. The summed E-state index contributed by atoms with van der Waals surface area (Å²) in [5, 5.41) is 4.01. The molecule has 3 nitrogen and oxygen atoms in total. The van der Waals surface area contributed by atoms with Crippen molar-refractivity contribution >= 4 is 12.6 Å². The number of halogens is 3. The molecule has 0 bridgehead atoms. The van der Waals surface area contributed by atoms with E-state index in [-0.39, 0.29) is 0 Å². The van der Waals surface area contributed by atoms with E-state index in [2.05, 4.69) is 5.10 Å². The number of aromatic nitrogens is 2. The Morgan fingerprint density at radius 1 is 1.47 bits per heavy atom. The van der Waals surface area contributed by atoms with Gasteiger partial charge in [0.05, 0.1) is 5.69 Å². The first kappa shape index (κ1) is 12.5. The predicted octanol–water partition coefficient (Wildman–Crippen LogP) is 2.20. The highest BCUT2D eigenvalue weighted by molar-refractivity contribution is 6.72. The van der Waals surface area contributed by atoms with Gasteiger partial charge in [0.1, 0.15) is 6.23 Å². The largest absolute Gasteiger partial charge is 0.527 e. The number of hydrogen-bond donors (Lipinski definition) is 0. The topological polar surface area (TPSA) is 27.1 Å². The highest BCUT2D eigenvalue weighted by Crippen LogP contribution is 2.23. The number of rotatable bonds is 3. The van der Waals surface area contributed by atoms with Crippen molar-refractivity contribution in [2.45, 2.75) is 38.8 Å². The monoisotopic (exact) mass is 247 g/mol. The molecule has 2 heterocycles. The van der Waals surface area contributed by atoms with Gasteiger partial charge in [0.25, 0.3) is 0 Å². The SMILES string of the molecule is CCc1cc([B-](F)(F)F)n(C2CCCCO2)n1. The van der Waals surface area contributed by atoms with E-state index < -0.39 is 18.8 Å². The van der Waals surface area contributed by atoms with Gasteiger partial charge >= 0.3 is 6.98 Å². The summed E-state index contributed by atoms with van der Waals surface area (Å²) >= 11 is 0. The fourth-order valence-corrected chi connectivity index (χ4v) is 2.03. The van der Waals surface area contributed by atoms with Crippen molar-refractivity contribution in [2.24, 2.45) is 0 Å². The molecule has 1 fully saturated rings. The lowest BCUT2D eigenvalue weighted by molar-refractivity contribution is -0.0381. The lowest BCUT2D eigenvalue weighted by Gasteiger charge is -2.27. The lowest BCUT2D eigenvalue weighted by atomic mass is 9.85. The Morgan fingerprint density at radius 3 is 2.76 bits per heavy atom. The molecule has 1 unspecified atom stereocenters. The molecule has 1 atom stereocenters. The van der Waals surface area contributed by atoms with Crippen LogP contribution in [0.25, 0.3) is 0 Å². The second-order valence-electron chi connectivity index (χ2n) is 4.25. The van der Waals surface area contributed by atoms with Gasteiger partial charge in [-0.25, -0.2) is 0 Å². The van der Waals surface area contributed by atoms with Crippen molar-refractivity contribution in [3.63, 3.8) is 0 Å². The van der Waals surface area contributed by atoms with Crippen LogP contribution in [0.2, 0.25) is 0 Å². The zero-order valence-corrected chi connectivity index (χ0v) is 9.70. The van der Waals surface area contributed by atoms with Gasteiger partial charge < -0.3 is 17.7 Å². The van der Waals surface area contributed by atoms with Crippen LogP contribution in [0.1, 0.15) is 38.1 Å². The Hall–Kier alpha value is -0.975. The molecule has 1 aliphatic rings. The van der Waals surface area contributed by atoms with Crippen LogP contribution in [0.4, 0.5) is 12.9 Å². The number of hydrogen-bond acceptors (Lipinski definition) is 2. The van der Waals surface area contributed by atoms with Gasteiger partial charge in [0.15, 0.2) is 0 Å². The Labute approximate surface area is 98.0 Å². The molecule has 0 amide bonds. The van der Waals surface area contributed by atoms with Crippen molar-refractivity contribution in [2.75, 3.05) is 6.61 Å². The van der Waals surface area contributed by atoms with Crippen LogP contribution in [-0.4, -0.2) is 23.4 Å². The van der Waals surface area contributed by atoms with Crippen LogP contribution in [0, 0.1) is 0 Å². The molecule has 2 rings (SSSR count). The molecule has 0 saturated carbocycles. The third-order valence-corrected chi connectivity index (χ3v) is 2.94. The Morgan fingerprint density at radius 2 is 2.24 bits per heavy atom. The lowest BCUT2D eigenvalue weighted by Crippen LogP contribution is -2.42. The minimum atomic E-state index is -5.03. The molecule has 0 spiro atoms. The quantitative estimate of drug-likeness (QED) is 0.765. The third-order valence-electron chi connectivity index (χ3n) is 2.94. The van der Waals surface area contributed by atoms with Gasteiger partial charge in [-0.2, -0.15) is 5.10 Å². The summed E-state index contributed by atoms with van der Waals surface area (Å²) in [6, 6.07) is 1.14. The summed E-state index contributed by atoms with van der Waals surface area (Å²) < 4.78 is 45.1. The maximum Gasteiger partial charge on any atom is 0.527 e. The molecular formula is C10H15BF3N2O-. The van der Waals surface area contributed by atoms with Crippen LogP contribution in [-0.2, 0) is 11.2 Å². The highest BCUT2D eigenvalue weighted by Gasteiger charge is 2.33. The first-order chi connectivity index (χ1) is 8.02. The second kappa shape index (κ2) is 4.72. The van der Waals surface area contributed by atoms with Crippen molar-refractivity contribution in [1.82, 2.24) is 9.78 Å². The van der Waals surface area contributed by atoms with Gasteiger partial charge in [-0.3, -0.25) is 4.68 Å². The maximum absolute atomic E-state index is 12.9. The first-order valence-corrected chi connectivity index (χ1v) is 5.92. The van der Waals surface area contributed by atoms with Crippen molar-refractivity contribution in [1.29, 1.82) is 0 Å². The molecule has 17 heavy (non-hydrogen) atoms. The second-order valence-corrected chi connectivity index (χ2v) is 4.25. The Balaban J connectivity index is 2.33. The van der Waals surface area contributed by atoms with Crippen LogP contribution in [0.3, 0.4) is 0 Å². The fourth-order valence-electron chi connectivity index (χ4n) is 2.03. The van der Waals surface area contributed by atoms with Crippen molar-refractivity contribution < 1.29 is 17.7 Å². The van der Waals surface area contributed by atoms with Gasteiger partial charge in [-0.05, 0) is 37.3 Å². The minimum Gasteiger partial charge on any atom is -0.444 e. The summed E-state index contributed by atoms with van der Waals surface area (Å²) in [5.74, 6) is 0. The van der Waals surface area contributed by atoms with Gasteiger partial charge in [-0.15, -0.1) is 0 Å². The van der Waals surface area contributed by atoms with E-state index >= 15 is 0 Å². The van der Waals surface area contributed by atoms with E-state index in [1.54, 1.807) is 6.92 Å². The Bertz CT molecular complexity index is 385. The summed E-state index contributed by atoms with van der Waals surface area (Å²) in [6.45, 7) is -2.73. The summed E-state index contributed by atoms with van der Waals surface area (Å²) in [7, 11) is 0. The van der Waals surface area contributed by atoms with E-state index in [4.69, 9.17) is 4.74 Å². The first-order valence-electron chi connectivity index (χ1n) is 5.92. The summed E-state index contributed by atoms with van der Waals surface area (Å²) in [4.78, 5) is 0. The zero-order chi connectivity index (χ0) is 12.5. The molecule has 1 aromatic heterocycles. The van der Waals surface area contributed by atoms with Crippen LogP contribution < -0.4 is 5.59 Å². The molecule has 96 valence electrons. The van der Waals surface area contributed by atoms with E-state index in [0.717, 1.165) is 23.6 Å². The van der Waals surface area contributed by atoms with Crippen LogP contribution >= 0.6 is 0 Å². The van der Waals surface area contributed by atoms with E-state index in [1.807, 2.05) is 0 Å². The minimum absolute atomic E-state index is 0.466. The molecule has 1 aromatic rings. The maximum atomic E-state index is 12.9. The van der Waals surface area contributed by atoms with Gasteiger partial charge in [-0.1, -0.05) is 6.92 Å². The van der Waals surface area contributed by atoms with E-state index in [1.165, 1.54) is 0 Å². The van der Waals surface area contributed by atoms with Crippen LogP contribution in [0.5, 0.6) is 0 Å². The number of ether oxygens (including phenoxy) is 1. The molecular weight excluding hydrogens is 232 g/mol. The van der Waals surface area contributed by atoms with E-state index in [0.29, 0.717) is 25.1 Å². The van der Waals surface area contributed by atoms with Crippen molar-refractivity contribution in [3.05, 3.63) is 11.8 Å². The highest BCUT2D eigenvalue weighted by atomic mass is 19.4.